The Morgan fingerprint density at radius 3 is 2.32 bits per heavy atom. The van der Waals surface area contributed by atoms with Gasteiger partial charge in [-0.2, -0.15) is 0 Å². The maximum absolute atomic E-state index is 13.4. The summed E-state index contributed by atoms with van der Waals surface area (Å²) in [6, 6.07) is 10.1. The minimum atomic E-state index is -1.15. The van der Waals surface area contributed by atoms with E-state index in [1.54, 1.807) is 4.57 Å². The Labute approximate surface area is 227 Å². The zero-order chi connectivity index (χ0) is 28.2. The molecule has 2 aromatic heterocycles. The number of hydrogen-bond donors (Lipinski definition) is 0. The van der Waals surface area contributed by atoms with Crippen molar-refractivity contribution in [1.29, 1.82) is 0 Å². The maximum atomic E-state index is 13.4. The quantitative estimate of drug-likeness (QED) is 0.262. The van der Waals surface area contributed by atoms with Crippen molar-refractivity contribution in [3.8, 4) is 11.4 Å². The lowest BCUT2D eigenvalue weighted by Crippen LogP contribution is -2.56. The van der Waals surface area contributed by atoms with Gasteiger partial charge in [-0.05, 0) is 37.0 Å². The van der Waals surface area contributed by atoms with Gasteiger partial charge in [-0.3, -0.25) is 4.79 Å². The first-order chi connectivity index (χ1) is 18.3. The summed E-state index contributed by atoms with van der Waals surface area (Å²) in [5.41, 5.74) is 4.85. The molecule has 1 aromatic carbocycles. The lowest BCUT2D eigenvalue weighted by Gasteiger charge is -2.47. The largest absolute Gasteiger partial charge is 0.458 e. The molecule has 3 aliphatic heterocycles. The average molecular weight is 521 g/mol. The normalized spacial score (nSPS) is 19.9. The molecule has 1 saturated heterocycles. The number of fused-ring (bicyclic) bond motifs is 6. The third-order valence-corrected chi connectivity index (χ3v) is 6.66. The summed E-state index contributed by atoms with van der Waals surface area (Å²) in [5, 5.41) is 1.15. The number of carbonyl (C=O) groups is 1. The second-order valence-electron chi connectivity index (χ2n) is 10.3. The van der Waals surface area contributed by atoms with Gasteiger partial charge in [0.2, 0.25) is 0 Å². The molecule has 206 valence electrons. The van der Waals surface area contributed by atoms with Crippen LogP contribution in [0.25, 0.3) is 22.3 Å². The number of esters is 1. The summed E-state index contributed by atoms with van der Waals surface area (Å²) in [7, 11) is 0. The Hall–Kier alpha value is -2.99. The van der Waals surface area contributed by atoms with Crippen LogP contribution in [0.5, 0.6) is 0 Å². The predicted molar refractivity (Wildman–Crippen MR) is 154 cm³/mol. The zero-order valence-corrected chi connectivity index (χ0v) is 24.6. The van der Waals surface area contributed by atoms with Crippen LogP contribution in [0.1, 0.15) is 97.4 Å². The molecule has 3 aliphatic rings. The predicted octanol–water partition coefficient (Wildman–Crippen LogP) is 7.15. The molecule has 1 unspecified atom stereocenters. The first kappa shape index (κ1) is 29.6. The Morgan fingerprint density at radius 2 is 1.71 bits per heavy atom. The first-order valence-corrected chi connectivity index (χ1v) is 14.3. The molecule has 6 rings (SSSR count). The van der Waals surface area contributed by atoms with Crippen LogP contribution >= 0.6 is 0 Å². The molecule has 6 heteroatoms. The zero-order valence-electron chi connectivity index (χ0n) is 24.6. The van der Waals surface area contributed by atoms with Gasteiger partial charge in [0.25, 0.3) is 5.56 Å². The summed E-state index contributed by atoms with van der Waals surface area (Å²) in [5.74, 6) is 0.439. The summed E-state index contributed by atoms with van der Waals surface area (Å²) < 4.78 is 13.0. The molecular weight excluding hydrogens is 476 g/mol. The molecule has 5 heterocycles. The Kier molecular flexibility index (Phi) is 9.53. The van der Waals surface area contributed by atoms with Crippen LogP contribution in [-0.4, -0.2) is 21.6 Å². The monoisotopic (exact) mass is 520 g/mol. The molecule has 38 heavy (non-hydrogen) atoms. The van der Waals surface area contributed by atoms with Gasteiger partial charge < -0.3 is 14.0 Å². The standard InChI is InChI=1S/C24H22N2O4.C4H10.2C2H6/c1-3-6-14-15-7-4-5-8-19(15)25-21-16(14)11-26-20(21)9-18-17(22(26)27)12-29-23(28)24(18)10-13(2)30-24;1-4(2)3;2*1-2/h4-5,7-9,13H,3,6,10-12H2,1-2H3;4H,1-3H3;2*1-2H3/t13?,24-;;;/m0.../s1. The third kappa shape index (κ3) is 5.03. The van der Waals surface area contributed by atoms with Crippen LogP contribution in [0.4, 0.5) is 0 Å². The Morgan fingerprint density at radius 1 is 1.08 bits per heavy atom. The van der Waals surface area contributed by atoms with Gasteiger partial charge >= 0.3 is 5.97 Å². The summed E-state index contributed by atoms with van der Waals surface area (Å²) in [6.45, 7) is 19.1. The number of cyclic esters (lactones) is 1. The van der Waals surface area contributed by atoms with E-state index in [1.165, 1.54) is 5.56 Å². The topological polar surface area (TPSA) is 70.4 Å². The van der Waals surface area contributed by atoms with Crippen molar-refractivity contribution in [3.63, 3.8) is 0 Å². The van der Waals surface area contributed by atoms with Gasteiger partial charge in [0.15, 0.2) is 5.60 Å². The number of hydrogen-bond acceptors (Lipinski definition) is 5. The van der Waals surface area contributed by atoms with E-state index in [0.717, 1.165) is 46.6 Å². The number of para-hydroxylation sites is 1. The molecule has 0 bridgehead atoms. The van der Waals surface area contributed by atoms with E-state index < -0.39 is 11.6 Å². The van der Waals surface area contributed by atoms with Gasteiger partial charge in [0.05, 0.1) is 35.1 Å². The fraction of sp³-hybridized carbons (Fsp3) is 0.531. The summed E-state index contributed by atoms with van der Waals surface area (Å²) in [6.07, 6.45) is 2.44. The average Bonchev–Trinajstić information content (AvgIpc) is 3.26. The van der Waals surface area contributed by atoms with E-state index >= 15 is 0 Å². The number of aromatic nitrogens is 2. The van der Waals surface area contributed by atoms with Crippen molar-refractivity contribution in [2.24, 2.45) is 5.92 Å². The minimum absolute atomic E-state index is 0.000335. The van der Waals surface area contributed by atoms with Gasteiger partial charge in [0.1, 0.15) is 6.61 Å². The third-order valence-electron chi connectivity index (χ3n) is 6.66. The maximum Gasteiger partial charge on any atom is 0.343 e. The fourth-order valence-electron chi connectivity index (χ4n) is 5.35. The lowest BCUT2D eigenvalue weighted by atomic mass is 9.79. The molecule has 0 amide bonds. The van der Waals surface area contributed by atoms with E-state index in [2.05, 4.69) is 33.8 Å². The smallest absolute Gasteiger partial charge is 0.343 e. The Bertz CT molecular complexity index is 1350. The lowest BCUT2D eigenvalue weighted by molar-refractivity contribution is -0.234. The molecule has 1 fully saturated rings. The van der Waals surface area contributed by atoms with Gasteiger partial charge in [-0.15, -0.1) is 0 Å². The van der Waals surface area contributed by atoms with Gasteiger partial charge in [-0.1, -0.05) is 80.0 Å². The van der Waals surface area contributed by atoms with E-state index in [4.69, 9.17) is 14.5 Å². The first-order valence-electron chi connectivity index (χ1n) is 14.3. The van der Waals surface area contributed by atoms with Crippen molar-refractivity contribution >= 4 is 16.9 Å². The van der Waals surface area contributed by atoms with Crippen molar-refractivity contribution in [1.82, 2.24) is 9.55 Å². The number of pyridine rings is 2. The van der Waals surface area contributed by atoms with Gasteiger partial charge in [-0.25, -0.2) is 9.78 Å². The second kappa shape index (κ2) is 12.2. The Balaban J connectivity index is 0.000000452. The van der Waals surface area contributed by atoms with Crippen LogP contribution in [0.2, 0.25) is 0 Å². The van der Waals surface area contributed by atoms with E-state index in [1.807, 2.05) is 58.9 Å². The highest BCUT2D eigenvalue weighted by Gasteiger charge is 2.56. The number of benzene rings is 1. The molecule has 0 aliphatic carbocycles. The number of carbonyl (C=O) groups excluding carboxylic acids is 1. The highest BCUT2D eigenvalue weighted by Crippen LogP contribution is 2.48. The highest BCUT2D eigenvalue weighted by molar-refractivity contribution is 5.89. The molecule has 6 nitrogen and oxygen atoms in total. The van der Waals surface area contributed by atoms with Gasteiger partial charge in [0, 0.05) is 22.9 Å². The van der Waals surface area contributed by atoms with E-state index in [9.17, 15) is 9.59 Å². The molecular formula is C32H44N2O4. The van der Waals surface area contributed by atoms with Crippen LogP contribution in [-0.2, 0) is 39.4 Å². The molecule has 0 N–H and O–H groups in total. The second-order valence-corrected chi connectivity index (χ2v) is 10.3. The van der Waals surface area contributed by atoms with Crippen molar-refractivity contribution < 1.29 is 14.3 Å². The highest BCUT2D eigenvalue weighted by atomic mass is 16.6. The van der Waals surface area contributed by atoms with E-state index in [-0.39, 0.29) is 18.3 Å². The fourth-order valence-corrected chi connectivity index (χ4v) is 5.35. The number of rotatable bonds is 2. The van der Waals surface area contributed by atoms with Crippen LogP contribution in [0, 0.1) is 5.92 Å². The van der Waals surface area contributed by atoms with Crippen LogP contribution in [0.3, 0.4) is 0 Å². The van der Waals surface area contributed by atoms with E-state index in [0.29, 0.717) is 24.1 Å². The SMILES string of the molecule is CC.CC.CC(C)C.CCCc1c2c(nc3ccccc13)-c1cc3c(c(=O)n1C2)COC(=O)[C@]31CC(C)O1. The van der Waals surface area contributed by atoms with Crippen molar-refractivity contribution in [2.45, 2.75) is 106 Å². The molecule has 0 saturated carbocycles. The van der Waals surface area contributed by atoms with Crippen LogP contribution < -0.4 is 5.56 Å². The van der Waals surface area contributed by atoms with Crippen LogP contribution in [0.15, 0.2) is 35.1 Å². The molecule has 2 atom stereocenters. The minimum Gasteiger partial charge on any atom is -0.458 e. The number of aryl methyl sites for hydroxylation is 1. The molecule has 1 spiro atoms. The van der Waals surface area contributed by atoms with Crippen molar-refractivity contribution in [2.75, 3.05) is 0 Å². The van der Waals surface area contributed by atoms with Crippen molar-refractivity contribution in [3.05, 3.63) is 62.9 Å². The molecule has 0 radical (unpaired) electrons. The summed E-state index contributed by atoms with van der Waals surface area (Å²) >= 11 is 0. The number of ether oxygens (including phenoxy) is 2. The summed E-state index contributed by atoms with van der Waals surface area (Å²) in [4.78, 5) is 31.0. The molecule has 3 aromatic rings. The number of nitrogens with zero attached hydrogens (tertiary/aromatic N) is 2.